The maximum absolute atomic E-state index is 13.0. The van der Waals surface area contributed by atoms with Crippen molar-refractivity contribution in [3.8, 4) is 11.3 Å². The minimum Gasteiger partial charge on any atom is -0.362 e. The van der Waals surface area contributed by atoms with Crippen LogP contribution in [0.3, 0.4) is 0 Å². The molecule has 2 aliphatic rings. The van der Waals surface area contributed by atoms with E-state index in [0.717, 1.165) is 42.3 Å². The lowest BCUT2D eigenvalue weighted by atomic mass is 10.0. The fourth-order valence-corrected chi connectivity index (χ4v) is 4.08. The topological polar surface area (TPSA) is 54.5 Å². The molecule has 2 saturated heterocycles. The van der Waals surface area contributed by atoms with Gasteiger partial charge in [-0.15, -0.1) is 11.3 Å². The maximum Gasteiger partial charge on any atom is 0.246 e. The standard InChI is InChI=1S/C17H18FN3O2S/c18-13-3-1-12(2-4-13)14-9-24-16(20-14)7-21-6-5-17(11-21)10-19-15(22)8-23-17/h1-4,9H,5-8,10-11H2,(H,19,22). The van der Waals surface area contributed by atoms with Gasteiger partial charge < -0.3 is 10.1 Å². The summed E-state index contributed by atoms with van der Waals surface area (Å²) in [4.78, 5) is 18.2. The van der Waals surface area contributed by atoms with Crippen LogP contribution in [-0.4, -0.2) is 47.6 Å². The maximum atomic E-state index is 13.0. The van der Waals surface area contributed by atoms with E-state index in [4.69, 9.17) is 4.74 Å². The predicted octanol–water partition coefficient (Wildman–Crippen LogP) is 2.04. The highest BCUT2D eigenvalue weighted by atomic mass is 32.1. The number of benzene rings is 1. The number of likely N-dealkylation sites (tertiary alicyclic amines) is 1. The molecule has 0 saturated carbocycles. The van der Waals surface area contributed by atoms with Crippen LogP contribution in [0.2, 0.25) is 0 Å². The predicted molar refractivity (Wildman–Crippen MR) is 89.1 cm³/mol. The van der Waals surface area contributed by atoms with E-state index >= 15 is 0 Å². The lowest BCUT2D eigenvalue weighted by Gasteiger charge is -2.33. The molecule has 1 spiro atoms. The highest BCUT2D eigenvalue weighted by Crippen LogP contribution is 2.29. The normalized spacial score (nSPS) is 24.5. The van der Waals surface area contributed by atoms with Gasteiger partial charge in [0.15, 0.2) is 0 Å². The Kier molecular flexibility index (Phi) is 4.07. The fraction of sp³-hybridized carbons (Fsp3) is 0.412. The zero-order valence-electron chi connectivity index (χ0n) is 13.1. The third-order valence-corrected chi connectivity index (χ3v) is 5.40. The first-order chi connectivity index (χ1) is 11.6. The molecule has 0 aliphatic carbocycles. The second kappa shape index (κ2) is 6.23. The lowest BCUT2D eigenvalue weighted by molar-refractivity contribution is -0.142. The number of amides is 1. The number of thiazole rings is 1. The summed E-state index contributed by atoms with van der Waals surface area (Å²) in [7, 11) is 0. The van der Waals surface area contributed by atoms with Crippen LogP contribution in [0.4, 0.5) is 4.39 Å². The Labute approximate surface area is 143 Å². The molecule has 5 nitrogen and oxygen atoms in total. The van der Waals surface area contributed by atoms with Gasteiger partial charge in [-0.2, -0.15) is 0 Å². The summed E-state index contributed by atoms with van der Waals surface area (Å²) < 4.78 is 18.8. The molecular weight excluding hydrogens is 329 g/mol. The molecule has 1 aromatic carbocycles. The Morgan fingerprint density at radius 1 is 1.38 bits per heavy atom. The quantitative estimate of drug-likeness (QED) is 0.923. The van der Waals surface area contributed by atoms with Crippen LogP contribution >= 0.6 is 11.3 Å². The van der Waals surface area contributed by atoms with Crippen LogP contribution in [0.1, 0.15) is 11.4 Å². The number of nitrogens with zero attached hydrogens (tertiary/aromatic N) is 2. The van der Waals surface area contributed by atoms with Gasteiger partial charge in [-0.25, -0.2) is 9.37 Å². The number of rotatable bonds is 3. The van der Waals surface area contributed by atoms with Crippen LogP contribution in [0.25, 0.3) is 11.3 Å². The minimum atomic E-state index is -0.245. The highest BCUT2D eigenvalue weighted by Gasteiger charge is 2.42. The summed E-state index contributed by atoms with van der Waals surface area (Å²) in [5.41, 5.74) is 1.56. The molecule has 126 valence electrons. The summed E-state index contributed by atoms with van der Waals surface area (Å²) >= 11 is 1.61. The molecule has 4 rings (SSSR count). The fourth-order valence-electron chi connectivity index (χ4n) is 3.23. The summed E-state index contributed by atoms with van der Waals surface area (Å²) in [6.45, 7) is 3.24. The van der Waals surface area contributed by atoms with Gasteiger partial charge >= 0.3 is 0 Å². The number of morpholine rings is 1. The monoisotopic (exact) mass is 347 g/mol. The number of halogens is 1. The molecule has 2 fully saturated rings. The first kappa shape index (κ1) is 15.7. The Morgan fingerprint density at radius 3 is 2.96 bits per heavy atom. The van der Waals surface area contributed by atoms with Crippen molar-refractivity contribution in [2.75, 3.05) is 26.2 Å². The van der Waals surface area contributed by atoms with Gasteiger partial charge in [-0.05, 0) is 30.7 Å². The Balaban J connectivity index is 1.40. The van der Waals surface area contributed by atoms with Crippen LogP contribution in [0, 0.1) is 5.82 Å². The molecule has 0 radical (unpaired) electrons. The Morgan fingerprint density at radius 2 is 2.21 bits per heavy atom. The lowest BCUT2D eigenvalue weighted by Crippen LogP contribution is -2.53. The highest BCUT2D eigenvalue weighted by molar-refractivity contribution is 7.09. The number of aromatic nitrogens is 1. The second-order valence-electron chi connectivity index (χ2n) is 6.34. The smallest absolute Gasteiger partial charge is 0.246 e. The molecule has 1 N–H and O–H groups in total. The third kappa shape index (κ3) is 3.19. The van der Waals surface area contributed by atoms with Crippen molar-refractivity contribution < 1.29 is 13.9 Å². The molecular formula is C17H18FN3O2S. The molecule has 1 amide bonds. The zero-order chi connectivity index (χ0) is 16.6. The van der Waals surface area contributed by atoms with Gasteiger partial charge in [0.2, 0.25) is 5.91 Å². The van der Waals surface area contributed by atoms with Gasteiger partial charge in [0.1, 0.15) is 17.4 Å². The van der Waals surface area contributed by atoms with Crippen molar-refractivity contribution in [1.29, 1.82) is 0 Å². The third-order valence-electron chi connectivity index (χ3n) is 4.56. The van der Waals surface area contributed by atoms with E-state index in [1.807, 2.05) is 5.38 Å². The number of ether oxygens (including phenoxy) is 1. The van der Waals surface area contributed by atoms with Crippen molar-refractivity contribution in [2.24, 2.45) is 0 Å². The molecule has 2 aromatic rings. The van der Waals surface area contributed by atoms with Crippen molar-refractivity contribution in [3.05, 3.63) is 40.5 Å². The molecule has 7 heteroatoms. The summed E-state index contributed by atoms with van der Waals surface area (Å²) in [6, 6.07) is 6.40. The van der Waals surface area contributed by atoms with Crippen LogP contribution in [-0.2, 0) is 16.1 Å². The van der Waals surface area contributed by atoms with E-state index in [9.17, 15) is 9.18 Å². The van der Waals surface area contributed by atoms with Crippen LogP contribution in [0.15, 0.2) is 29.6 Å². The average molecular weight is 347 g/mol. The molecule has 24 heavy (non-hydrogen) atoms. The van der Waals surface area contributed by atoms with Crippen molar-refractivity contribution in [3.63, 3.8) is 0 Å². The molecule has 1 unspecified atom stereocenters. The van der Waals surface area contributed by atoms with Crippen LogP contribution < -0.4 is 5.32 Å². The number of hydrogen-bond acceptors (Lipinski definition) is 5. The van der Waals surface area contributed by atoms with E-state index in [1.165, 1.54) is 12.1 Å². The summed E-state index contributed by atoms with van der Waals surface area (Å²) in [6.07, 6.45) is 0.920. The van der Waals surface area contributed by atoms with Gasteiger partial charge in [0, 0.05) is 30.6 Å². The second-order valence-corrected chi connectivity index (χ2v) is 7.29. The first-order valence-electron chi connectivity index (χ1n) is 7.95. The Hall–Kier alpha value is -1.83. The van der Waals surface area contributed by atoms with Crippen molar-refractivity contribution in [2.45, 2.75) is 18.6 Å². The minimum absolute atomic E-state index is 0.0389. The molecule has 2 aliphatic heterocycles. The summed E-state index contributed by atoms with van der Waals surface area (Å²) in [5, 5.41) is 5.93. The van der Waals surface area contributed by atoms with Gasteiger partial charge in [-0.3, -0.25) is 9.69 Å². The molecule has 1 atom stereocenters. The number of hydrogen-bond donors (Lipinski definition) is 1. The van der Waals surface area contributed by atoms with E-state index in [-0.39, 0.29) is 23.9 Å². The van der Waals surface area contributed by atoms with Gasteiger partial charge in [-0.1, -0.05) is 0 Å². The number of carbonyl (C=O) groups excluding carboxylic acids is 1. The van der Waals surface area contributed by atoms with E-state index in [2.05, 4.69) is 15.2 Å². The van der Waals surface area contributed by atoms with Gasteiger partial charge in [0.05, 0.1) is 17.8 Å². The summed E-state index contributed by atoms with van der Waals surface area (Å²) in [5.74, 6) is -0.279. The number of nitrogens with one attached hydrogen (secondary N) is 1. The zero-order valence-corrected chi connectivity index (χ0v) is 13.9. The number of carbonyl (C=O) groups is 1. The molecule has 3 heterocycles. The largest absolute Gasteiger partial charge is 0.362 e. The average Bonchev–Trinajstić information content (AvgIpc) is 3.20. The molecule has 0 bridgehead atoms. The Bertz CT molecular complexity index is 737. The SMILES string of the molecule is O=C1COC2(CCN(Cc3nc(-c4ccc(F)cc4)cs3)C2)CN1. The van der Waals surface area contributed by atoms with Crippen molar-refractivity contribution in [1.82, 2.24) is 15.2 Å². The van der Waals surface area contributed by atoms with E-state index in [1.54, 1.807) is 23.5 Å². The van der Waals surface area contributed by atoms with E-state index < -0.39 is 0 Å². The van der Waals surface area contributed by atoms with Gasteiger partial charge in [0.25, 0.3) is 0 Å². The van der Waals surface area contributed by atoms with Crippen LogP contribution in [0.5, 0.6) is 0 Å². The van der Waals surface area contributed by atoms with Crippen molar-refractivity contribution >= 4 is 17.2 Å². The van der Waals surface area contributed by atoms with E-state index in [0.29, 0.717) is 6.54 Å². The first-order valence-corrected chi connectivity index (χ1v) is 8.83. The molecule has 1 aromatic heterocycles.